The van der Waals surface area contributed by atoms with Gasteiger partial charge in [0.2, 0.25) is 0 Å². The molecule has 0 atom stereocenters. The SMILES string of the molecule is COc1ccc(-c2[nH]ncc2CN2CCc3nc(-c4ccc(Cl)cc4)[nH]c(=O)c3C2)cc1OC. The van der Waals surface area contributed by atoms with Crippen LogP contribution < -0.4 is 15.0 Å². The molecule has 2 aromatic carbocycles. The van der Waals surface area contributed by atoms with Crippen molar-refractivity contribution in [1.29, 1.82) is 0 Å². The predicted molar refractivity (Wildman–Crippen MR) is 130 cm³/mol. The van der Waals surface area contributed by atoms with Crippen LogP contribution in [0.2, 0.25) is 5.02 Å². The van der Waals surface area contributed by atoms with E-state index in [1.54, 1.807) is 26.4 Å². The van der Waals surface area contributed by atoms with Crippen molar-refractivity contribution in [2.75, 3.05) is 20.8 Å². The average Bonchev–Trinajstić information content (AvgIpc) is 3.32. The highest BCUT2D eigenvalue weighted by molar-refractivity contribution is 6.30. The molecular formula is C25H24ClN5O3. The van der Waals surface area contributed by atoms with E-state index < -0.39 is 0 Å². The van der Waals surface area contributed by atoms with E-state index in [4.69, 9.17) is 26.1 Å². The zero-order valence-electron chi connectivity index (χ0n) is 18.9. The Morgan fingerprint density at radius 2 is 1.82 bits per heavy atom. The van der Waals surface area contributed by atoms with Crippen LogP contribution in [0.1, 0.15) is 16.8 Å². The molecule has 0 unspecified atom stereocenters. The lowest BCUT2D eigenvalue weighted by atomic mass is 10.0. The maximum Gasteiger partial charge on any atom is 0.255 e. The number of ether oxygens (including phenoxy) is 2. The van der Waals surface area contributed by atoms with E-state index in [0.29, 0.717) is 47.4 Å². The molecule has 3 heterocycles. The van der Waals surface area contributed by atoms with Crippen molar-refractivity contribution in [2.45, 2.75) is 19.5 Å². The van der Waals surface area contributed by atoms with Crippen LogP contribution in [0.5, 0.6) is 11.5 Å². The summed E-state index contributed by atoms with van der Waals surface area (Å²) in [5.74, 6) is 1.89. The lowest BCUT2D eigenvalue weighted by Gasteiger charge is -2.27. The molecule has 8 nitrogen and oxygen atoms in total. The lowest BCUT2D eigenvalue weighted by molar-refractivity contribution is 0.242. The summed E-state index contributed by atoms with van der Waals surface area (Å²) < 4.78 is 10.8. The highest BCUT2D eigenvalue weighted by Crippen LogP contribution is 2.33. The number of hydrogen-bond donors (Lipinski definition) is 2. The van der Waals surface area contributed by atoms with Crippen molar-refractivity contribution in [3.05, 3.63) is 80.9 Å². The summed E-state index contributed by atoms with van der Waals surface area (Å²) in [6, 6.07) is 13.1. The summed E-state index contributed by atoms with van der Waals surface area (Å²) in [6.45, 7) is 1.97. The second-order valence-electron chi connectivity index (χ2n) is 8.15. The van der Waals surface area contributed by atoms with E-state index in [9.17, 15) is 4.79 Å². The molecule has 0 bridgehead atoms. The maximum atomic E-state index is 12.9. The molecule has 0 spiro atoms. The summed E-state index contributed by atoms with van der Waals surface area (Å²) in [4.78, 5) is 22.8. The molecule has 174 valence electrons. The molecule has 0 radical (unpaired) electrons. The Balaban J connectivity index is 1.37. The van der Waals surface area contributed by atoms with Crippen molar-refractivity contribution < 1.29 is 9.47 Å². The Hall–Kier alpha value is -3.62. The molecule has 1 aliphatic heterocycles. The lowest BCUT2D eigenvalue weighted by Crippen LogP contribution is -2.35. The Kier molecular flexibility index (Phi) is 6.08. The zero-order valence-corrected chi connectivity index (χ0v) is 19.6. The molecule has 34 heavy (non-hydrogen) atoms. The third kappa shape index (κ3) is 4.30. The molecular weight excluding hydrogens is 454 g/mol. The van der Waals surface area contributed by atoms with Crippen LogP contribution >= 0.6 is 11.6 Å². The number of aromatic nitrogens is 4. The predicted octanol–water partition coefficient (Wildman–Crippen LogP) is 4.06. The normalized spacial score (nSPS) is 13.5. The van der Waals surface area contributed by atoms with E-state index in [1.807, 2.05) is 36.5 Å². The van der Waals surface area contributed by atoms with Gasteiger partial charge in [0.15, 0.2) is 11.5 Å². The van der Waals surface area contributed by atoms with Crippen molar-refractivity contribution in [2.24, 2.45) is 0 Å². The molecule has 0 fully saturated rings. The summed E-state index contributed by atoms with van der Waals surface area (Å²) in [5, 5.41) is 8.00. The van der Waals surface area contributed by atoms with Gasteiger partial charge >= 0.3 is 0 Å². The number of nitrogens with zero attached hydrogens (tertiary/aromatic N) is 3. The quantitative estimate of drug-likeness (QED) is 0.435. The van der Waals surface area contributed by atoms with Gasteiger partial charge in [-0.1, -0.05) is 11.6 Å². The second kappa shape index (κ2) is 9.32. The topological polar surface area (TPSA) is 96.1 Å². The Morgan fingerprint density at radius 3 is 2.59 bits per heavy atom. The largest absolute Gasteiger partial charge is 0.493 e. The Labute approximate surface area is 201 Å². The van der Waals surface area contributed by atoms with Gasteiger partial charge in [0.05, 0.1) is 37.4 Å². The molecule has 2 aromatic heterocycles. The molecule has 1 aliphatic rings. The molecule has 0 amide bonds. The van der Waals surface area contributed by atoms with E-state index >= 15 is 0 Å². The summed E-state index contributed by atoms with van der Waals surface area (Å²) in [6.07, 6.45) is 2.52. The molecule has 2 N–H and O–H groups in total. The number of halogens is 1. The fourth-order valence-electron chi connectivity index (χ4n) is 4.27. The second-order valence-corrected chi connectivity index (χ2v) is 8.58. The highest BCUT2D eigenvalue weighted by Gasteiger charge is 2.23. The zero-order chi connectivity index (χ0) is 23.7. The van der Waals surface area contributed by atoms with Gasteiger partial charge in [0, 0.05) is 47.8 Å². The number of nitrogens with one attached hydrogen (secondary N) is 2. The van der Waals surface area contributed by atoms with Crippen LogP contribution in [0.25, 0.3) is 22.6 Å². The fourth-order valence-corrected chi connectivity index (χ4v) is 4.40. The summed E-state index contributed by atoms with van der Waals surface area (Å²) in [5.41, 5.74) is 5.19. The Morgan fingerprint density at radius 1 is 1.06 bits per heavy atom. The van der Waals surface area contributed by atoms with Crippen molar-refractivity contribution in [3.8, 4) is 34.1 Å². The number of hydrogen-bond acceptors (Lipinski definition) is 6. The molecule has 9 heteroatoms. The smallest absolute Gasteiger partial charge is 0.255 e. The maximum absolute atomic E-state index is 12.9. The number of benzene rings is 2. The van der Waals surface area contributed by atoms with Gasteiger partial charge in [0.25, 0.3) is 5.56 Å². The minimum absolute atomic E-state index is 0.105. The van der Waals surface area contributed by atoms with Crippen LogP contribution in [-0.2, 0) is 19.5 Å². The van der Waals surface area contributed by atoms with Crippen LogP contribution in [0.3, 0.4) is 0 Å². The minimum atomic E-state index is -0.105. The van der Waals surface area contributed by atoms with Crippen LogP contribution in [0.15, 0.2) is 53.5 Å². The fraction of sp³-hybridized carbons (Fsp3) is 0.240. The first-order valence-electron chi connectivity index (χ1n) is 10.9. The Bertz CT molecular complexity index is 1380. The number of methoxy groups -OCH3 is 2. The number of H-pyrrole nitrogens is 2. The summed E-state index contributed by atoms with van der Waals surface area (Å²) in [7, 11) is 3.23. The van der Waals surface area contributed by atoms with Gasteiger partial charge in [-0.3, -0.25) is 14.8 Å². The van der Waals surface area contributed by atoms with Crippen LogP contribution in [0, 0.1) is 0 Å². The molecule has 0 saturated carbocycles. The van der Waals surface area contributed by atoms with E-state index in [-0.39, 0.29) is 5.56 Å². The van der Waals surface area contributed by atoms with E-state index in [2.05, 4.69) is 20.1 Å². The van der Waals surface area contributed by atoms with Crippen molar-refractivity contribution in [1.82, 2.24) is 25.1 Å². The number of fused-ring (bicyclic) bond motifs is 1. The third-order valence-corrected chi connectivity index (χ3v) is 6.30. The minimum Gasteiger partial charge on any atom is -0.493 e. The monoisotopic (exact) mass is 477 g/mol. The number of aromatic amines is 2. The van der Waals surface area contributed by atoms with Gasteiger partial charge in [-0.05, 0) is 42.5 Å². The van der Waals surface area contributed by atoms with Gasteiger partial charge in [-0.15, -0.1) is 0 Å². The first-order chi connectivity index (χ1) is 16.6. The van der Waals surface area contributed by atoms with Gasteiger partial charge < -0.3 is 14.5 Å². The third-order valence-electron chi connectivity index (χ3n) is 6.05. The van der Waals surface area contributed by atoms with Crippen LogP contribution in [-0.4, -0.2) is 45.8 Å². The first kappa shape index (κ1) is 22.2. The molecule has 0 aliphatic carbocycles. The molecule has 4 aromatic rings. The first-order valence-corrected chi connectivity index (χ1v) is 11.3. The van der Waals surface area contributed by atoms with Crippen molar-refractivity contribution >= 4 is 11.6 Å². The van der Waals surface area contributed by atoms with E-state index in [0.717, 1.165) is 34.6 Å². The van der Waals surface area contributed by atoms with Gasteiger partial charge in [-0.2, -0.15) is 5.10 Å². The van der Waals surface area contributed by atoms with Crippen molar-refractivity contribution in [3.63, 3.8) is 0 Å². The van der Waals surface area contributed by atoms with Gasteiger partial charge in [-0.25, -0.2) is 4.98 Å². The standard InChI is InChI=1S/C25H24ClN5O3/c1-33-21-8-5-16(11-22(21)34-2)23-17(12-27-30-23)13-31-10-9-20-19(14-31)25(32)29-24(28-20)15-3-6-18(26)7-4-15/h3-8,11-12H,9-10,13-14H2,1-2H3,(H,27,30)(H,28,29,32). The van der Waals surface area contributed by atoms with E-state index in [1.165, 1.54) is 0 Å². The number of rotatable bonds is 6. The molecule has 0 saturated heterocycles. The average molecular weight is 478 g/mol. The van der Waals surface area contributed by atoms with Gasteiger partial charge in [0.1, 0.15) is 5.82 Å². The highest BCUT2D eigenvalue weighted by atomic mass is 35.5. The summed E-state index contributed by atoms with van der Waals surface area (Å²) >= 11 is 5.98. The van der Waals surface area contributed by atoms with Crippen LogP contribution in [0.4, 0.5) is 0 Å². The molecule has 5 rings (SSSR count).